The predicted molar refractivity (Wildman–Crippen MR) is 133 cm³/mol. The quantitative estimate of drug-likeness (QED) is 0.275. The van der Waals surface area contributed by atoms with E-state index in [-0.39, 0.29) is 5.60 Å². The van der Waals surface area contributed by atoms with Crippen molar-refractivity contribution in [2.24, 2.45) is 0 Å². The monoisotopic (exact) mass is 462 g/mol. The summed E-state index contributed by atoms with van der Waals surface area (Å²) in [6.45, 7) is 7.15. The Hall–Kier alpha value is -2.22. The summed E-state index contributed by atoms with van der Waals surface area (Å²) in [5.74, 6) is 2.02. The number of ether oxygens (including phenoxy) is 1. The molecule has 2 aliphatic rings. The maximum Gasteiger partial charge on any atom is 0.136 e. The van der Waals surface area contributed by atoms with Crippen LogP contribution in [0.25, 0.3) is 20.4 Å². The molecule has 7 heteroatoms. The maximum absolute atomic E-state index is 6.24. The lowest BCUT2D eigenvalue weighted by atomic mass is 9.90. The molecule has 0 unspecified atom stereocenters. The van der Waals surface area contributed by atoms with Gasteiger partial charge in [0.05, 0.1) is 22.4 Å². The number of hydrogen-bond acceptors (Lipinski definition) is 7. The number of pyridine rings is 1. The molecule has 0 N–H and O–H groups in total. The molecule has 1 fully saturated rings. The Bertz CT molecular complexity index is 1300. The van der Waals surface area contributed by atoms with Crippen LogP contribution in [0.1, 0.15) is 43.4 Å². The molecule has 1 aromatic carbocycles. The van der Waals surface area contributed by atoms with Gasteiger partial charge in [-0.1, -0.05) is 30.3 Å². The number of nitrogens with zero attached hydrogens (tertiary/aromatic N) is 4. The molecular weight excluding hydrogens is 436 g/mol. The molecule has 2 aliphatic heterocycles. The summed E-state index contributed by atoms with van der Waals surface area (Å²) < 4.78 is 7.39. The fraction of sp³-hybridized carbons (Fsp3) is 0.400. The van der Waals surface area contributed by atoms with Crippen LogP contribution in [0.2, 0.25) is 0 Å². The normalized spacial score (nSPS) is 17.9. The lowest BCUT2D eigenvalue weighted by molar-refractivity contribution is -0.0395. The Balaban J connectivity index is 1.51. The van der Waals surface area contributed by atoms with Crippen LogP contribution in [0, 0.1) is 0 Å². The number of aromatic nitrogens is 3. The van der Waals surface area contributed by atoms with E-state index in [0.717, 1.165) is 51.2 Å². The van der Waals surface area contributed by atoms with Crippen molar-refractivity contribution >= 4 is 49.3 Å². The molecule has 0 amide bonds. The minimum Gasteiger partial charge on any atom is -0.370 e. The Morgan fingerprint density at radius 3 is 2.72 bits per heavy atom. The van der Waals surface area contributed by atoms with E-state index in [1.807, 2.05) is 0 Å². The van der Waals surface area contributed by atoms with Crippen LogP contribution >= 0.6 is 23.1 Å². The van der Waals surface area contributed by atoms with Crippen LogP contribution in [-0.2, 0) is 23.5 Å². The van der Waals surface area contributed by atoms with E-state index >= 15 is 0 Å². The average Bonchev–Trinajstić information content (AvgIpc) is 3.45. The van der Waals surface area contributed by atoms with Crippen LogP contribution < -0.4 is 4.90 Å². The van der Waals surface area contributed by atoms with E-state index in [0.29, 0.717) is 6.61 Å². The minimum atomic E-state index is -0.185. The Morgan fingerprint density at radius 2 is 1.91 bits per heavy atom. The zero-order chi connectivity index (χ0) is 21.7. The summed E-state index contributed by atoms with van der Waals surface area (Å²) in [7, 11) is 0. The van der Waals surface area contributed by atoms with Crippen molar-refractivity contribution in [2.45, 2.75) is 56.1 Å². The highest BCUT2D eigenvalue weighted by Crippen LogP contribution is 2.45. The fourth-order valence-electron chi connectivity index (χ4n) is 4.79. The highest BCUT2D eigenvalue weighted by Gasteiger charge is 2.33. The van der Waals surface area contributed by atoms with Gasteiger partial charge in [-0.15, -0.1) is 23.1 Å². The van der Waals surface area contributed by atoms with Gasteiger partial charge in [0.1, 0.15) is 22.0 Å². The molecule has 0 bridgehead atoms. The predicted octanol–water partition coefficient (Wildman–Crippen LogP) is 5.98. The second-order valence-corrected chi connectivity index (χ2v) is 11.2. The van der Waals surface area contributed by atoms with Crippen LogP contribution in [0.15, 0.2) is 41.7 Å². The molecule has 0 atom stereocenters. The lowest BCUT2D eigenvalue weighted by Gasteiger charge is -2.34. The van der Waals surface area contributed by atoms with Crippen molar-refractivity contribution in [3.8, 4) is 0 Å². The van der Waals surface area contributed by atoms with Crippen LogP contribution in [-0.4, -0.2) is 33.6 Å². The van der Waals surface area contributed by atoms with Crippen molar-refractivity contribution in [1.82, 2.24) is 15.0 Å². The molecule has 0 saturated carbocycles. The van der Waals surface area contributed by atoms with Gasteiger partial charge in [-0.3, -0.25) is 0 Å². The zero-order valence-corrected chi connectivity index (χ0v) is 20.1. The summed E-state index contributed by atoms with van der Waals surface area (Å²) >= 11 is 3.53. The van der Waals surface area contributed by atoms with Gasteiger partial charge in [-0.25, -0.2) is 15.0 Å². The van der Waals surface area contributed by atoms with E-state index < -0.39 is 0 Å². The molecular formula is C25H26N4OS2. The van der Waals surface area contributed by atoms with Crippen LogP contribution in [0.3, 0.4) is 0 Å². The average molecular weight is 463 g/mol. The Labute approximate surface area is 196 Å². The van der Waals surface area contributed by atoms with Crippen molar-refractivity contribution < 1.29 is 4.74 Å². The molecule has 32 heavy (non-hydrogen) atoms. The molecule has 0 spiro atoms. The largest absolute Gasteiger partial charge is 0.370 e. The third-order valence-electron chi connectivity index (χ3n) is 6.40. The SMILES string of the molecule is CC1(C)Cc2c(c(N3CCCC3)nc3sc4c(SCc5ccccc5)ncnc4c23)CO1. The number of fused-ring (bicyclic) bond motifs is 5. The maximum atomic E-state index is 6.24. The van der Waals surface area contributed by atoms with E-state index in [4.69, 9.17) is 14.7 Å². The molecule has 0 aliphatic carbocycles. The summed E-state index contributed by atoms with van der Waals surface area (Å²) in [5.41, 5.74) is 4.80. The fourth-order valence-corrected chi connectivity index (χ4v) is 6.97. The van der Waals surface area contributed by atoms with Crippen molar-refractivity contribution in [1.29, 1.82) is 0 Å². The van der Waals surface area contributed by atoms with Gasteiger partial charge in [0, 0.05) is 36.2 Å². The number of thioether (sulfide) groups is 1. The number of hydrogen-bond donors (Lipinski definition) is 0. The summed E-state index contributed by atoms with van der Waals surface area (Å²) in [6, 6.07) is 10.6. The van der Waals surface area contributed by atoms with Crippen LogP contribution in [0.4, 0.5) is 5.82 Å². The number of thiophene rings is 1. The van der Waals surface area contributed by atoms with Gasteiger partial charge in [-0.2, -0.15) is 0 Å². The first-order valence-corrected chi connectivity index (χ1v) is 13.0. The molecule has 4 aromatic rings. The van der Waals surface area contributed by atoms with Crippen molar-refractivity contribution in [2.75, 3.05) is 18.0 Å². The lowest BCUT2D eigenvalue weighted by Crippen LogP contribution is -2.33. The van der Waals surface area contributed by atoms with Gasteiger partial charge in [0.25, 0.3) is 0 Å². The first-order valence-electron chi connectivity index (χ1n) is 11.2. The van der Waals surface area contributed by atoms with Crippen molar-refractivity contribution in [3.63, 3.8) is 0 Å². The van der Waals surface area contributed by atoms with E-state index in [1.54, 1.807) is 29.4 Å². The molecule has 164 valence electrons. The molecule has 1 saturated heterocycles. The minimum absolute atomic E-state index is 0.185. The number of benzene rings is 1. The molecule has 5 heterocycles. The number of anilines is 1. The highest BCUT2D eigenvalue weighted by atomic mass is 32.2. The first kappa shape index (κ1) is 20.4. The van der Waals surface area contributed by atoms with E-state index in [1.165, 1.54) is 34.9 Å². The zero-order valence-electron chi connectivity index (χ0n) is 18.4. The highest BCUT2D eigenvalue weighted by molar-refractivity contribution is 7.98. The molecule has 6 rings (SSSR count). The standard InChI is InChI=1S/C25H26N4OS2/c1-25(2)12-17-18(13-30-25)22(29-10-6-7-11-29)28-23-19(17)20-21(32-23)24(27-15-26-20)31-14-16-8-4-3-5-9-16/h3-5,8-9,15H,6-7,10-14H2,1-2H3. The van der Waals surface area contributed by atoms with E-state index in [9.17, 15) is 0 Å². The van der Waals surface area contributed by atoms with Gasteiger partial charge < -0.3 is 9.64 Å². The van der Waals surface area contributed by atoms with Gasteiger partial charge in [0.2, 0.25) is 0 Å². The van der Waals surface area contributed by atoms with Gasteiger partial charge >= 0.3 is 0 Å². The number of rotatable bonds is 4. The second kappa shape index (κ2) is 7.97. The van der Waals surface area contributed by atoms with E-state index in [2.05, 4.69) is 54.1 Å². The third kappa shape index (κ3) is 3.56. The summed E-state index contributed by atoms with van der Waals surface area (Å²) in [6.07, 6.45) is 5.07. The molecule has 0 radical (unpaired) electrons. The third-order valence-corrected chi connectivity index (χ3v) is 8.67. The summed E-state index contributed by atoms with van der Waals surface area (Å²) in [4.78, 5) is 18.1. The first-order chi connectivity index (χ1) is 15.6. The second-order valence-electron chi connectivity index (χ2n) is 9.22. The van der Waals surface area contributed by atoms with Gasteiger partial charge in [0.15, 0.2) is 0 Å². The Morgan fingerprint density at radius 1 is 1.09 bits per heavy atom. The molecule has 3 aromatic heterocycles. The Kier molecular flexibility index (Phi) is 5.08. The summed E-state index contributed by atoms with van der Waals surface area (Å²) in [5, 5.41) is 2.26. The van der Waals surface area contributed by atoms with Gasteiger partial charge in [-0.05, 0) is 37.8 Å². The topological polar surface area (TPSA) is 51.1 Å². The van der Waals surface area contributed by atoms with Crippen LogP contribution in [0.5, 0.6) is 0 Å². The van der Waals surface area contributed by atoms with Crippen molar-refractivity contribution in [3.05, 3.63) is 53.3 Å². The smallest absolute Gasteiger partial charge is 0.136 e. The molecule has 5 nitrogen and oxygen atoms in total.